The van der Waals surface area contributed by atoms with Crippen LogP contribution < -0.4 is 10.9 Å². The van der Waals surface area contributed by atoms with E-state index in [1.807, 2.05) is 30.3 Å². The lowest BCUT2D eigenvalue weighted by molar-refractivity contribution is -0.118. The number of benzene rings is 1. The Morgan fingerprint density at radius 2 is 1.93 bits per heavy atom. The Balaban J connectivity index is 1.90. The van der Waals surface area contributed by atoms with Crippen molar-refractivity contribution in [1.82, 2.24) is 9.97 Å². The number of Topliss-reactive ketones (excluding diaryl/α,β-unsaturated/α-hetero) is 1. The van der Waals surface area contributed by atoms with Crippen LogP contribution in [0.2, 0.25) is 0 Å². The second kappa shape index (κ2) is 7.48. The summed E-state index contributed by atoms with van der Waals surface area (Å²) >= 11 is 1.57. The van der Waals surface area contributed by atoms with Crippen LogP contribution in [-0.4, -0.2) is 21.0 Å². The summed E-state index contributed by atoms with van der Waals surface area (Å²) in [6, 6.07) is 9.81. The number of carbonyl (C=O) groups excluding carboxylic acids is 1. The van der Waals surface area contributed by atoms with Gasteiger partial charge in [0.25, 0.3) is 5.56 Å². The summed E-state index contributed by atoms with van der Waals surface area (Å²) in [6.45, 7) is 8.45. The first-order chi connectivity index (χ1) is 13.8. The molecule has 2 N–H and O–H groups in total. The number of allylic oxidation sites excluding steroid dienone is 2. The van der Waals surface area contributed by atoms with Gasteiger partial charge in [-0.2, -0.15) is 0 Å². The summed E-state index contributed by atoms with van der Waals surface area (Å²) in [5.41, 5.74) is 2.83. The van der Waals surface area contributed by atoms with E-state index < -0.39 is 0 Å². The molecule has 1 aliphatic carbocycles. The van der Waals surface area contributed by atoms with E-state index in [1.165, 1.54) is 0 Å². The molecule has 0 radical (unpaired) electrons. The van der Waals surface area contributed by atoms with Crippen LogP contribution in [0.25, 0.3) is 0 Å². The molecule has 1 aromatic heterocycles. The summed E-state index contributed by atoms with van der Waals surface area (Å²) < 4.78 is 0. The summed E-state index contributed by atoms with van der Waals surface area (Å²) in [5, 5.41) is 4.35. The van der Waals surface area contributed by atoms with Crippen LogP contribution in [0.4, 0.5) is 5.82 Å². The molecule has 0 saturated carbocycles. The molecule has 1 aliphatic heterocycles. The number of carbonyl (C=O) groups is 1. The number of hydrogen-bond donors (Lipinski definition) is 2. The Kier molecular flexibility index (Phi) is 5.15. The Bertz CT molecular complexity index is 1040. The van der Waals surface area contributed by atoms with Gasteiger partial charge >= 0.3 is 0 Å². The van der Waals surface area contributed by atoms with Crippen molar-refractivity contribution in [2.75, 3.05) is 5.32 Å². The van der Waals surface area contributed by atoms with E-state index in [-0.39, 0.29) is 22.7 Å². The van der Waals surface area contributed by atoms with Crippen LogP contribution in [-0.2, 0) is 4.79 Å². The highest BCUT2D eigenvalue weighted by molar-refractivity contribution is 7.99. The average Bonchev–Trinajstić information content (AvgIpc) is 2.66. The molecule has 2 heterocycles. The fourth-order valence-corrected chi connectivity index (χ4v) is 5.05. The van der Waals surface area contributed by atoms with Crippen molar-refractivity contribution >= 4 is 23.4 Å². The second-order valence-electron chi connectivity index (χ2n) is 8.77. The molecular weight excluding hydrogens is 382 g/mol. The van der Waals surface area contributed by atoms with Gasteiger partial charge in [-0.3, -0.25) is 9.59 Å². The first kappa shape index (κ1) is 20.0. The minimum atomic E-state index is -0.384. The molecule has 4 rings (SSSR count). The van der Waals surface area contributed by atoms with Gasteiger partial charge in [-0.05, 0) is 23.8 Å². The molecule has 2 atom stereocenters. The molecule has 152 valence electrons. The molecule has 0 spiro atoms. The Morgan fingerprint density at radius 1 is 1.21 bits per heavy atom. The van der Waals surface area contributed by atoms with Crippen LogP contribution in [0.5, 0.6) is 0 Å². The molecule has 0 unspecified atom stereocenters. The third-order valence-electron chi connectivity index (χ3n) is 5.72. The molecule has 0 saturated heterocycles. The van der Waals surface area contributed by atoms with Crippen molar-refractivity contribution in [2.45, 2.75) is 63.3 Å². The van der Waals surface area contributed by atoms with E-state index in [1.54, 1.807) is 11.8 Å². The van der Waals surface area contributed by atoms with Gasteiger partial charge in [-0.1, -0.05) is 69.8 Å². The first-order valence-corrected chi connectivity index (χ1v) is 11.1. The highest BCUT2D eigenvalue weighted by Crippen LogP contribution is 2.47. The van der Waals surface area contributed by atoms with E-state index in [0.717, 1.165) is 29.7 Å². The number of fused-ring (bicyclic) bond motifs is 1. The zero-order valence-electron chi connectivity index (χ0n) is 17.3. The van der Waals surface area contributed by atoms with E-state index >= 15 is 0 Å². The summed E-state index contributed by atoms with van der Waals surface area (Å²) in [5.74, 6) is 0.309. The lowest BCUT2D eigenvalue weighted by Gasteiger charge is -2.38. The number of rotatable bonds is 4. The van der Waals surface area contributed by atoms with Crippen molar-refractivity contribution in [1.29, 1.82) is 0 Å². The summed E-state index contributed by atoms with van der Waals surface area (Å²) in [7, 11) is 0. The molecule has 1 aromatic carbocycles. The van der Waals surface area contributed by atoms with E-state index in [9.17, 15) is 9.59 Å². The van der Waals surface area contributed by atoms with E-state index in [2.05, 4.69) is 38.0 Å². The lowest BCUT2D eigenvalue weighted by Crippen LogP contribution is -2.37. The number of nitrogens with one attached hydrogen (secondary N) is 2. The van der Waals surface area contributed by atoms with E-state index in [0.29, 0.717) is 28.2 Å². The van der Waals surface area contributed by atoms with Crippen molar-refractivity contribution in [3.8, 4) is 0 Å². The van der Waals surface area contributed by atoms with E-state index in [4.69, 9.17) is 4.98 Å². The third-order valence-corrected chi connectivity index (χ3v) is 6.87. The number of nitrogens with zero attached hydrogens (tertiary/aromatic N) is 1. The van der Waals surface area contributed by atoms with Crippen LogP contribution in [0, 0.1) is 5.41 Å². The second-order valence-corrected chi connectivity index (χ2v) is 10.2. The number of anilines is 1. The van der Waals surface area contributed by atoms with Crippen molar-refractivity contribution in [3.05, 3.63) is 63.1 Å². The molecule has 6 heteroatoms. The normalized spacial score (nSPS) is 21.2. The zero-order valence-corrected chi connectivity index (χ0v) is 18.2. The van der Waals surface area contributed by atoms with Crippen molar-refractivity contribution < 1.29 is 4.79 Å². The van der Waals surface area contributed by atoms with Gasteiger partial charge in [-0.15, -0.1) is 0 Å². The monoisotopic (exact) mass is 409 g/mol. The maximum absolute atomic E-state index is 13.2. The Hall–Kier alpha value is -2.34. The standard InChI is InChI=1S/C23H27N3O2S/c1-5-13(2)29-22-25-20-19(21(28)26-22)17(14-9-7-6-8-10-14)18-15(24-20)11-23(3,4)12-16(18)27/h6-10,13,17H,5,11-12H2,1-4H3,(H2,24,25,26,28)/t13-,17-/m1/s1. The van der Waals surface area contributed by atoms with Gasteiger partial charge in [0, 0.05) is 28.9 Å². The van der Waals surface area contributed by atoms with Crippen LogP contribution in [0.15, 0.2) is 51.6 Å². The molecular formula is C23H27N3O2S. The number of thioether (sulfide) groups is 1. The Labute approximate surface area is 175 Å². The largest absolute Gasteiger partial charge is 0.343 e. The highest BCUT2D eigenvalue weighted by atomic mass is 32.2. The number of aromatic nitrogens is 2. The summed E-state index contributed by atoms with van der Waals surface area (Å²) in [6.07, 6.45) is 2.24. The van der Waals surface area contributed by atoms with Gasteiger partial charge in [0.2, 0.25) is 0 Å². The minimum Gasteiger partial charge on any atom is -0.343 e. The van der Waals surface area contributed by atoms with Crippen LogP contribution in [0.1, 0.15) is 64.0 Å². The maximum atomic E-state index is 13.2. The fraction of sp³-hybridized carbons (Fsp3) is 0.435. The number of aromatic amines is 1. The first-order valence-electron chi connectivity index (χ1n) is 10.2. The molecule has 2 aliphatic rings. The molecule has 0 bridgehead atoms. The molecule has 2 aromatic rings. The molecule has 0 amide bonds. The molecule has 29 heavy (non-hydrogen) atoms. The number of ketones is 1. The summed E-state index contributed by atoms with van der Waals surface area (Å²) in [4.78, 5) is 34.0. The highest BCUT2D eigenvalue weighted by Gasteiger charge is 2.42. The topological polar surface area (TPSA) is 74.8 Å². The average molecular weight is 410 g/mol. The van der Waals surface area contributed by atoms with Gasteiger partial charge in [0.05, 0.1) is 5.56 Å². The number of hydrogen-bond acceptors (Lipinski definition) is 5. The van der Waals surface area contributed by atoms with Gasteiger partial charge < -0.3 is 10.3 Å². The Morgan fingerprint density at radius 3 is 2.62 bits per heavy atom. The van der Waals surface area contributed by atoms with Crippen LogP contribution >= 0.6 is 11.8 Å². The minimum absolute atomic E-state index is 0.112. The SMILES string of the molecule is CC[C@@H](C)Sc1nc2c(c(=O)[nH]1)[C@H](c1ccccc1)C1=C(CC(C)(C)CC1=O)N2. The fourth-order valence-electron chi connectivity index (χ4n) is 4.20. The lowest BCUT2D eigenvalue weighted by atomic mass is 9.69. The molecule has 0 fully saturated rings. The number of H-pyrrole nitrogens is 1. The van der Waals surface area contributed by atoms with Crippen molar-refractivity contribution in [3.63, 3.8) is 0 Å². The smallest absolute Gasteiger partial charge is 0.257 e. The quantitative estimate of drug-likeness (QED) is 0.557. The predicted molar refractivity (Wildman–Crippen MR) is 117 cm³/mol. The predicted octanol–water partition coefficient (Wildman–Crippen LogP) is 4.86. The molecule has 5 nitrogen and oxygen atoms in total. The van der Waals surface area contributed by atoms with Crippen molar-refractivity contribution in [2.24, 2.45) is 5.41 Å². The van der Waals surface area contributed by atoms with Gasteiger partial charge in [-0.25, -0.2) is 4.98 Å². The van der Waals surface area contributed by atoms with Gasteiger partial charge in [0.15, 0.2) is 10.9 Å². The van der Waals surface area contributed by atoms with Gasteiger partial charge in [0.1, 0.15) is 5.82 Å². The maximum Gasteiger partial charge on any atom is 0.257 e. The third kappa shape index (κ3) is 3.78. The zero-order chi connectivity index (χ0) is 20.8. The van der Waals surface area contributed by atoms with Crippen LogP contribution in [0.3, 0.4) is 0 Å².